The zero-order chi connectivity index (χ0) is 17.6. The van der Waals surface area contributed by atoms with Crippen molar-refractivity contribution in [2.45, 2.75) is 13.3 Å². The van der Waals surface area contributed by atoms with Crippen molar-refractivity contribution in [2.24, 2.45) is 0 Å². The van der Waals surface area contributed by atoms with Gasteiger partial charge in [0.25, 0.3) is 0 Å². The molecule has 0 saturated heterocycles. The van der Waals surface area contributed by atoms with Gasteiger partial charge in [-0.15, -0.1) is 0 Å². The van der Waals surface area contributed by atoms with Crippen LogP contribution in [-0.2, 0) is 0 Å². The largest absolute Gasteiger partial charge is 0.377 e. The van der Waals surface area contributed by atoms with Gasteiger partial charge in [-0.25, -0.2) is 0 Å². The van der Waals surface area contributed by atoms with Crippen molar-refractivity contribution < 1.29 is 0 Å². The average Bonchev–Trinajstić information content (AvgIpc) is 2.57. The fourth-order valence-electron chi connectivity index (χ4n) is 2.08. The minimum atomic E-state index is 0.808. The van der Waals surface area contributed by atoms with Crippen LogP contribution in [0.15, 0.2) is 65.5 Å². The maximum absolute atomic E-state index is 4.18. The van der Waals surface area contributed by atoms with E-state index in [0.717, 1.165) is 44.8 Å². The van der Waals surface area contributed by atoms with Crippen LogP contribution >= 0.6 is 15.9 Å². The van der Waals surface area contributed by atoms with Gasteiger partial charge in [-0.05, 0) is 39.6 Å². The van der Waals surface area contributed by atoms with Crippen LogP contribution in [0.4, 0.5) is 5.69 Å². The van der Waals surface area contributed by atoms with Gasteiger partial charge in [-0.1, -0.05) is 44.9 Å². The molecule has 0 aliphatic carbocycles. The van der Waals surface area contributed by atoms with Gasteiger partial charge in [0, 0.05) is 38.1 Å². The highest BCUT2D eigenvalue weighted by molar-refractivity contribution is 9.12. The quantitative estimate of drug-likeness (QED) is 0.649. The Labute approximate surface area is 148 Å². The summed E-state index contributed by atoms with van der Waals surface area (Å²) in [6, 6.07) is 8.14. The summed E-state index contributed by atoms with van der Waals surface area (Å²) < 4.78 is 0.857. The zero-order valence-corrected chi connectivity index (χ0v) is 16.0. The van der Waals surface area contributed by atoms with Crippen LogP contribution < -0.4 is 15.5 Å². The molecule has 1 rings (SSSR count). The molecule has 0 saturated carbocycles. The predicted octanol–water partition coefficient (Wildman–Crippen LogP) is 4.62. The number of anilines is 1. The predicted molar refractivity (Wildman–Crippen MR) is 107 cm³/mol. The normalized spacial score (nSPS) is 11.3. The summed E-state index contributed by atoms with van der Waals surface area (Å²) in [7, 11) is 5.89. The molecule has 23 heavy (non-hydrogen) atoms. The van der Waals surface area contributed by atoms with Crippen LogP contribution in [-0.4, -0.2) is 21.1 Å². The van der Waals surface area contributed by atoms with Crippen LogP contribution in [0, 0.1) is 0 Å². The van der Waals surface area contributed by atoms with Crippen LogP contribution in [0.2, 0.25) is 0 Å². The fraction of sp³-hybridized carbons (Fsp3) is 0.263. The molecule has 0 heterocycles. The lowest BCUT2D eigenvalue weighted by molar-refractivity contribution is 0.876. The Bertz CT molecular complexity index is 642. The molecule has 124 valence electrons. The molecule has 0 bridgehead atoms. The number of rotatable bonds is 8. The molecular formula is C19H26BrN3. The smallest absolute Gasteiger partial charge is 0.118 e. The first kappa shape index (κ1) is 19.1. The Kier molecular flexibility index (Phi) is 7.17. The average molecular weight is 376 g/mol. The lowest BCUT2D eigenvalue weighted by Crippen LogP contribution is -2.24. The topological polar surface area (TPSA) is 27.3 Å². The van der Waals surface area contributed by atoms with Crippen LogP contribution in [0.25, 0.3) is 5.70 Å². The lowest BCUT2D eigenvalue weighted by Gasteiger charge is -2.21. The van der Waals surface area contributed by atoms with E-state index in [0.29, 0.717) is 0 Å². The second-order valence-electron chi connectivity index (χ2n) is 5.39. The zero-order valence-electron chi connectivity index (χ0n) is 14.5. The molecule has 0 spiro atoms. The van der Waals surface area contributed by atoms with Crippen LogP contribution in [0.5, 0.6) is 0 Å². The highest BCUT2D eigenvalue weighted by Gasteiger charge is 2.12. The number of para-hydroxylation sites is 1. The Morgan fingerprint density at radius 2 is 1.78 bits per heavy atom. The molecular weight excluding hydrogens is 350 g/mol. The minimum Gasteiger partial charge on any atom is -0.377 e. The lowest BCUT2D eigenvalue weighted by atomic mass is 10.1. The number of nitrogens with one attached hydrogen (secondary N) is 2. The summed E-state index contributed by atoms with van der Waals surface area (Å²) in [5.41, 5.74) is 4.83. The molecule has 0 amide bonds. The second-order valence-corrected chi connectivity index (χ2v) is 6.18. The Hall–Kier alpha value is -1.94. The maximum atomic E-state index is 4.18. The molecule has 0 aromatic heterocycles. The molecule has 1 aromatic carbocycles. The monoisotopic (exact) mass is 375 g/mol. The van der Waals surface area contributed by atoms with Gasteiger partial charge in [-0.2, -0.15) is 0 Å². The third-order valence-corrected chi connectivity index (χ3v) is 4.45. The standard InChI is InChI=1S/C19H26BrN3/c1-8-13(2)14(3)18(20)19(21-5)22-15(4)16-11-9-10-12-17(16)23(6)7/h9-12,21-22H,2-4,8H2,1,5-7H3/b19-18-. The van der Waals surface area contributed by atoms with Crippen molar-refractivity contribution in [1.29, 1.82) is 0 Å². The molecule has 0 radical (unpaired) electrons. The van der Waals surface area contributed by atoms with Crippen LogP contribution in [0.3, 0.4) is 0 Å². The van der Waals surface area contributed by atoms with Gasteiger partial charge < -0.3 is 15.5 Å². The summed E-state index contributed by atoms with van der Waals surface area (Å²) in [6.07, 6.45) is 0.856. The van der Waals surface area contributed by atoms with E-state index in [2.05, 4.69) is 64.2 Å². The first-order valence-electron chi connectivity index (χ1n) is 7.51. The summed E-state index contributed by atoms with van der Waals surface area (Å²) in [5.74, 6) is 0.808. The molecule has 0 aliphatic rings. The van der Waals surface area contributed by atoms with Gasteiger partial charge in [0.2, 0.25) is 0 Å². The molecule has 0 fully saturated rings. The third kappa shape index (κ3) is 4.76. The van der Waals surface area contributed by atoms with Gasteiger partial charge in [0.05, 0.1) is 4.48 Å². The highest BCUT2D eigenvalue weighted by Crippen LogP contribution is 2.28. The molecule has 0 aliphatic heterocycles. The van der Waals surface area contributed by atoms with Crippen molar-refractivity contribution in [3.05, 3.63) is 71.0 Å². The number of halogens is 1. The van der Waals surface area contributed by atoms with E-state index in [1.165, 1.54) is 0 Å². The van der Waals surface area contributed by atoms with Crippen molar-refractivity contribution >= 4 is 27.3 Å². The van der Waals surface area contributed by atoms with Crippen molar-refractivity contribution in [3.8, 4) is 0 Å². The number of hydrogen-bond acceptors (Lipinski definition) is 3. The van der Waals surface area contributed by atoms with Gasteiger partial charge in [0.1, 0.15) is 5.82 Å². The molecule has 2 N–H and O–H groups in total. The molecule has 0 unspecified atom stereocenters. The van der Waals surface area contributed by atoms with Gasteiger partial charge >= 0.3 is 0 Å². The van der Waals surface area contributed by atoms with E-state index in [1.54, 1.807) is 0 Å². The molecule has 3 nitrogen and oxygen atoms in total. The summed E-state index contributed by atoms with van der Waals surface area (Å²) in [6.45, 7) is 14.4. The fourth-order valence-corrected chi connectivity index (χ4v) is 2.66. The minimum absolute atomic E-state index is 0.808. The van der Waals surface area contributed by atoms with Gasteiger partial charge in [-0.3, -0.25) is 0 Å². The third-order valence-electron chi connectivity index (χ3n) is 3.57. The number of nitrogens with zero attached hydrogens (tertiary/aromatic N) is 1. The van der Waals surface area contributed by atoms with Crippen molar-refractivity contribution in [1.82, 2.24) is 10.6 Å². The van der Waals surface area contributed by atoms with Gasteiger partial charge in [0.15, 0.2) is 0 Å². The number of hydrogen-bond donors (Lipinski definition) is 2. The number of allylic oxidation sites excluding steroid dienone is 3. The van der Waals surface area contributed by atoms with Crippen molar-refractivity contribution in [2.75, 3.05) is 26.0 Å². The maximum Gasteiger partial charge on any atom is 0.118 e. The van der Waals surface area contributed by atoms with Crippen molar-refractivity contribution in [3.63, 3.8) is 0 Å². The molecule has 0 atom stereocenters. The summed E-state index contributed by atoms with van der Waals surface area (Å²) in [5, 5.41) is 6.49. The molecule has 1 aromatic rings. The first-order chi connectivity index (χ1) is 10.8. The van der Waals surface area contributed by atoms with E-state index in [1.807, 2.05) is 39.3 Å². The SMILES string of the molecule is C=C(CC)C(=C)/C(Br)=C(\NC)NC(=C)c1ccccc1N(C)C. The number of benzene rings is 1. The second kappa shape index (κ2) is 8.63. The van der Waals surface area contributed by atoms with E-state index in [4.69, 9.17) is 0 Å². The Morgan fingerprint density at radius 3 is 2.30 bits per heavy atom. The summed E-state index contributed by atoms with van der Waals surface area (Å²) >= 11 is 3.60. The molecule has 4 heteroatoms. The Balaban J connectivity index is 3.11. The summed E-state index contributed by atoms with van der Waals surface area (Å²) in [4.78, 5) is 2.07. The van der Waals surface area contributed by atoms with Crippen LogP contribution in [0.1, 0.15) is 18.9 Å². The first-order valence-corrected chi connectivity index (χ1v) is 8.30. The Morgan fingerprint density at radius 1 is 1.17 bits per heavy atom. The van der Waals surface area contributed by atoms with E-state index >= 15 is 0 Å². The van der Waals surface area contributed by atoms with E-state index in [-0.39, 0.29) is 0 Å². The van der Waals surface area contributed by atoms with E-state index in [9.17, 15) is 0 Å². The highest BCUT2D eigenvalue weighted by atomic mass is 79.9. The van der Waals surface area contributed by atoms with E-state index < -0.39 is 0 Å².